The van der Waals surface area contributed by atoms with E-state index in [2.05, 4.69) is 12.2 Å². The number of hydrogen-bond donors (Lipinski definition) is 2. The fourth-order valence-corrected chi connectivity index (χ4v) is 1.62. The van der Waals surface area contributed by atoms with E-state index in [1.54, 1.807) is 18.2 Å². The van der Waals surface area contributed by atoms with Crippen LogP contribution in [-0.2, 0) is 4.74 Å². The van der Waals surface area contributed by atoms with Crippen molar-refractivity contribution in [2.45, 2.75) is 19.8 Å². The van der Waals surface area contributed by atoms with Crippen LogP contribution in [0, 0.1) is 0 Å². The third kappa shape index (κ3) is 6.54. The average molecular weight is 281 g/mol. The van der Waals surface area contributed by atoms with E-state index in [0.717, 1.165) is 26.0 Å². The summed E-state index contributed by atoms with van der Waals surface area (Å²) >= 11 is 0. The summed E-state index contributed by atoms with van der Waals surface area (Å²) in [4.78, 5) is 11.0. The van der Waals surface area contributed by atoms with E-state index >= 15 is 0 Å². The molecule has 0 fully saturated rings. The molecule has 1 aromatic carbocycles. The molecule has 1 rings (SSSR count). The Balaban J connectivity index is 2.11. The number of aromatic carboxylic acids is 1. The maximum Gasteiger partial charge on any atom is 0.339 e. The van der Waals surface area contributed by atoms with Crippen molar-refractivity contribution in [3.05, 3.63) is 29.8 Å². The van der Waals surface area contributed by atoms with Crippen molar-refractivity contribution >= 4 is 5.97 Å². The quantitative estimate of drug-likeness (QED) is 0.608. The zero-order valence-corrected chi connectivity index (χ0v) is 11.9. The van der Waals surface area contributed by atoms with E-state index in [1.165, 1.54) is 6.07 Å². The molecule has 5 nitrogen and oxygen atoms in total. The highest BCUT2D eigenvalue weighted by Crippen LogP contribution is 2.17. The summed E-state index contributed by atoms with van der Waals surface area (Å²) in [5.74, 6) is -0.570. The highest BCUT2D eigenvalue weighted by atomic mass is 16.5. The van der Waals surface area contributed by atoms with Gasteiger partial charge in [0.25, 0.3) is 0 Å². The molecule has 112 valence electrons. The minimum atomic E-state index is -0.974. The molecule has 0 unspecified atom stereocenters. The third-order valence-electron chi connectivity index (χ3n) is 2.72. The Morgan fingerprint density at radius 1 is 1.20 bits per heavy atom. The van der Waals surface area contributed by atoms with E-state index in [9.17, 15) is 4.79 Å². The second kappa shape index (κ2) is 10.2. The molecule has 1 aromatic rings. The predicted octanol–water partition coefficient (Wildman–Crippen LogP) is 2.17. The number of unbranched alkanes of at least 4 members (excludes halogenated alkanes) is 1. The molecular formula is C15H23NO4. The molecule has 0 aliphatic carbocycles. The normalized spacial score (nSPS) is 10.4. The minimum absolute atomic E-state index is 0.190. The topological polar surface area (TPSA) is 67.8 Å². The molecule has 0 amide bonds. The molecule has 0 saturated carbocycles. The highest BCUT2D eigenvalue weighted by Gasteiger charge is 2.09. The number of hydrogen-bond acceptors (Lipinski definition) is 4. The molecule has 0 aromatic heterocycles. The first-order valence-corrected chi connectivity index (χ1v) is 6.99. The zero-order valence-electron chi connectivity index (χ0n) is 11.9. The largest absolute Gasteiger partial charge is 0.491 e. The maximum atomic E-state index is 11.0. The van der Waals surface area contributed by atoms with E-state index in [-0.39, 0.29) is 5.56 Å². The molecule has 0 spiro atoms. The summed E-state index contributed by atoms with van der Waals surface area (Å²) < 4.78 is 10.9. The summed E-state index contributed by atoms with van der Waals surface area (Å²) in [6, 6.07) is 6.64. The number of carboxylic acids is 1. The Bertz CT molecular complexity index is 395. The number of para-hydroxylation sites is 1. The summed E-state index contributed by atoms with van der Waals surface area (Å²) in [5.41, 5.74) is 0.190. The lowest BCUT2D eigenvalue weighted by molar-refractivity contribution is 0.0692. The first kappa shape index (κ1) is 16.5. The smallest absolute Gasteiger partial charge is 0.339 e. The second-order valence-corrected chi connectivity index (χ2v) is 4.37. The lowest BCUT2D eigenvalue weighted by Crippen LogP contribution is -2.25. The Morgan fingerprint density at radius 3 is 2.70 bits per heavy atom. The SMILES string of the molecule is CCCCOCCNCCOc1ccccc1C(=O)O. The summed E-state index contributed by atoms with van der Waals surface area (Å²) in [6.07, 6.45) is 2.24. The molecule has 0 bridgehead atoms. The minimum Gasteiger partial charge on any atom is -0.491 e. The number of ether oxygens (including phenoxy) is 2. The number of benzene rings is 1. The Hall–Kier alpha value is -1.59. The maximum absolute atomic E-state index is 11.0. The van der Waals surface area contributed by atoms with Gasteiger partial charge >= 0.3 is 5.97 Å². The van der Waals surface area contributed by atoms with Gasteiger partial charge in [-0.15, -0.1) is 0 Å². The van der Waals surface area contributed by atoms with Gasteiger partial charge in [-0.1, -0.05) is 25.5 Å². The number of carboxylic acid groups (broad SMARTS) is 1. The molecule has 5 heteroatoms. The third-order valence-corrected chi connectivity index (χ3v) is 2.72. The summed E-state index contributed by atoms with van der Waals surface area (Å²) in [6.45, 7) is 5.48. The van der Waals surface area contributed by atoms with Crippen LogP contribution in [0.15, 0.2) is 24.3 Å². The molecular weight excluding hydrogens is 258 g/mol. The lowest BCUT2D eigenvalue weighted by Gasteiger charge is -2.09. The van der Waals surface area contributed by atoms with E-state index in [1.807, 2.05) is 0 Å². The number of nitrogens with one attached hydrogen (secondary N) is 1. The van der Waals surface area contributed by atoms with Gasteiger partial charge < -0.3 is 19.9 Å². The highest BCUT2D eigenvalue weighted by molar-refractivity contribution is 5.90. The van der Waals surface area contributed by atoms with Gasteiger partial charge in [-0.25, -0.2) is 4.79 Å². The molecule has 0 aliphatic heterocycles. The summed E-state index contributed by atoms with van der Waals surface area (Å²) in [5, 5.41) is 12.2. The van der Waals surface area contributed by atoms with E-state index in [4.69, 9.17) is 14.6 Å². The number of rotatable bonds is 11. The standard InChI is InChI=1S/C15H23NO4/c1-2-3-10-19-11-8-16-9-12-20-14-7-5-4-6-13(14)15(17)18/h4-7,16H,2-3,8-12H2,1H3,(H,17,18). The van der Waals surface area contributed by atoms with Gasteiger partial charge in [0.15, 0.2) is 0 Å². The van der Waals surface area contributed by atoms with Crippen molar-refractivity contribution in [2.24, 2.45) is 0 Å². The Kier molecular flexibility index (Phi) is 8.42. The zero-order chi connectivity index (χ0) is 14.6. The van der Waals surface area contributed by atoms with Crippen molar-refractivity contribution in [3.8, 4) is 5.75 Å². The van der Waals surface area contributed by atoms with Crippen LogP contribution in [0.4, 0.5) is 0 Å². The molecule has 0 atom stereocenters. The van der Waals surface area contributed by atoms with Gasteiger partial charge in [-0.05, 0) is 18.6 Å². The Morgan fingerprint density at radius 2 is 1.95 bits per heavy atom. The number of carbonyl (C=O) groups is 1. The van der Waals surface area contributed by atoms with Crippen molar-refractivity contribution in [3.63, 3.8) is 0 Å². The van der Waals surface area contributed by atoms with Crippen LogP contribution in [-0.4, -0.2) is 44.0 Å². The Labute approximate surface area is 119 Å². The van der Waals surface area contributed by atoms with Crippen LogP contribution >= 0.6 is 0 Å². The van der Waals surface area contributed by atoms with Crippen LogP contribution < -0.4 is 10.1 Å². The van der Waals surface area contributed by atoms with Gasteiger partial charge in [0.05, 0.1) is 6.61 Å². The molecule has 0 heterocycles. The van der Waals surface area contributed by atoms with Crippen molar-refractivity contribution in [1.82, 2.24) is 5.32 Å². The fourth-order valence-electron chi connectivity index (χ4n) is 1.62. The van der Waals surface area contributed by atoms with E-state index in [0.29, 0.717) is 25.5 Å². The van der Waals surface area contributed by atoms with Crippen molar-refractivity contribution in [1.29, 1.82) is 0 Å². The lowest BCUT2D eigenvalue weighted by atomic mass is 10.2. The monoisotopic (exact) mass is 281 g/mol. The predicted molar refractivity (Wildman–Crippen MR) is 77.5 cm³/mol. The molecule has 2 N–H and O–H groups in total. The molecule has 0 radical (unpaired) electrons. The summed E-state index contributed by atoms with van der Waals surface area (Å²) in [7, 11) is 0. The van der Waals surface area contributed by atoms with Crippen LogP contribution in [0.3, 0.4) is 0 Å². The first-order chi connectivity index (χ1) is 9.75. The van der Waals surface area contributed by atoms with E-state index < -0.39 is 5.97 Å². The van der Waals surface area contributed by atoms with Crippen molar-refractivity contribution in [2.75, 3.05) is 32.9 Å². The van der Waals surface area contributed by atoms with Crippen LogP contribution in [0.2, 0.25) is 0 Å². The van der Waals surface area contributed by atoms with Crippen LogP contribution in [0.5, 0.6) is 5.75 Å². The average Bonchev–Trinajstić information content (AvgIpc) is 2.46. The molecule has 20 heavy (non-hydrogen) atoms. The van der Waals surface area contributed by atoms with Crippen molar-refractivity contribution < 1.29 is 19.4 Å². The molecule has 0 saturated heterocycles. The molecule has 0 aliphatic rings. The van der Waals surface area contributed by atoms with Gasteiger partial charge in [0, 0.05) is 19.7 Å². The van der Waals surface area contributed by atoms with Crippen LogP contribution in [0.1, 0.15) is 30.1 Å². The second-order valence-electron chi connectivity index (χ2n) is 4.37. The first-order valence-electron chi connectivity index (χ1n) is 6.99. The van der Waals surface area contributed by atoms with Gasteiger partial charge in [0.2, 0.25) is 0 Å². The van der Waals surface area contributed by atoms with Gasteiger partial charge in [0.1, 0.15) is 17.9 Å². The van der Waals surface area contributed by atoms with Crippen LogP contribution in [0.25, 0.3) is 0 Å². The fraction of sp³-hybridized carbons (Fsp3) is 0.533. The van der Waals surface area contributed by atoms with Gasteiger partial charge in [-0.3, -0.25) is 0 Å². The van der Waals surface area contributed by atoms with Gasteiger partial charge in [-0.2, -0.15) is 0 Å².